The van der Waals surface area contributed by atoms with Crippen LogP contribution >= 0.6 is 0 Å². The Bertz CT molecular complexity index is 305. The van der Waals surface area contributed by atoms with Crippen LogP contribution in [0.4, 0.5) is 0 Å². The van der Waals surface area contributed by atoms with E-state index in [4.69, 9.17) is 5.11 Å². The fourth-order valence-electron chi connectivity index (χ4n) is 1.29. The van der Waals surface area contributed by atoms with Crippen molar-refractivity contribution in [2.45, 2.75) is 40.5 Å². The third-order valence-corrected chi connectivity index (χ3v) is 2.21. The molecule has 0 heterocycles. The van der Waals surface area contributed by atoms with Gasteiger partial charge >= 0.3 is 5.97 Å². The van der Waals surface area contributed by atoms with Gasteiger partial charge in [-0.05, 0) is 45.1 Å². The lowest BCUT2D eigenvalue weighted by molar-refractivity contribution is -0.131. The third-order valence-electron chi connectivity index (χ3n) is 2.21. The molecule has 1 atom stereocenters. The van der Waals surface area contributed by atoms with E-state index < -0.39 is 5.97 Å². The van der Waals surface area contributed by atoms with Crippen LogP contribution in [-0.4, -0.2) is 11.1 Å². The molecule has 1 N–H and O–H groups in total. The minimum absolute atomic E-state index is 0.479. The van der Waals surface area contributed by atoms with Gasteiger partial charge in [0.1, 0.15) is 0 Å². The van der Waals surface area contributed by atoms with E-state index in [1.165, 1.54) is 11.6 Å². The van der Waals surface area contributed by atoms with Crippen LogP contribution in [0.1, 0.15) is 40.5 Å². The van der Waals surface area contributed by atoms with Crippen LogP contribution in [0.25, 0.3) is 0 Å². The van der Waals surface area contributed by atoms with Crippen molar-refractivity contribution in [3.05, 3.63) is 35.5 Å². The monoisotopic (exact) mass is 222 g/mol. The van der Waals surface area contributed by atoms with Crippen LogP contribution in [0, 0.1) is 5.92 Å². The molecule has 0 bridgehead atoms. The lowest BCUT2D eigenvalue weighted by Gasteiger charge is -2.03. The number of carbonyl (C=O) groups is 1. The summed E-state index contributed by atoms with van der Waals surface area (Å²) in [5.74, 6) is -0.410. The van der Waals surface area contributed by atoms with Crippen molar-refractivity contribution in [2.24, 2.45) is 5.92 Å². The molecule has 0 aromatic rings. The fraction of sp³-hybridized carbons (Fsp3) is 0.500. The Morgan fingerprint density at radius 2 is 1.94 bits per heavy atom. The Hall–Kier alpha value is -1.31. The van der Waals surface area contributed by atoms with Crippen LogP contribution < -0.4 is 0 Å². The molecular formula is C14H22O2. The Balaban J connectivity index is 4.04. The van der Waals surface area contributed by atoms with Gasteiger partial charge in [0.15, 0.2) is 0 Å². The van der Waals surface area contributed by atoms with E-state index in [2.05, 4.69) is 32.9 Å². The predicted octanol–water partition coefficient (Wildman–Crippen LogP) is 3.96. The standard InChI is InChI=1S/C14H22O2/c1-11(2)6-5-7-12(3)8-9-13(4)10-14(15)16/h6,8-10,12H,5,7H2,1-4H3,(H,15,16)/b9-8+,13-10+. The second-order valence-electron chi connectivity index (χ2n) is 4.42. The quantitative estimate of drug-likeness (QED) is 0.419. The summed E-state index contributed by atoms with van der Waals surface area (Å²) < 4.78 is 0. The van der Waals surface area contributed by atoms with E-state index in [-0.39, 0.29) is 0 Å². The number of carboxylic acids is 1. The minimum atomic E-state index is -0.889. The van der Waals surface area contributed by atoms with Crippen LogP contribution in [0.2, 0.25) is 0 Å². The highest BCUT2D eigenvalue weighted by Gasteiger charge is 1.96. The molecule has 0 amide bonds. The van der Waals surface area contributed by atoms with Crippen molar-refractivity contribution < 1.29 is 9.90 Å². The summed E-state index contributed by atoms with van der Waals surface area (Å²) in [7, 11) is 0. The van der Waals surface area contributed by atoms with E-state index in [0.29, 0.717) is 5.92 Å². The van der Waals surface area contributed by atoms with Gasteiger partial charge < -0.3 is 5.11 Å². The first kappa shape index (κ1) is 14.7. The van der Waals surface area contributed by atoms with E-state index >= 15 is 0 Å². The molecule has 0 radical (unpaired) electrons. The Labute approximate surface area is 98.4 Å². The molecule has 0 fully saturated rings. The summed E-state index contributed by atoms with van der Waals surface area (Å²) >= 11 is 0. The molecule has 0 aliphatic heterocycles. The van der Waals surface area contributed by atoms with Gasteiger partial charge in [-0.15, -0.1) is 0 Å². The summed E-state index contributed by atoms with van der Waals surface area (Å²) in [6.07, 6.45) is 9.57. The maximum atomic E-state index is 10.4. The second kappa shape index (κ2) is 7.91. The van der Waals surface area contributed by atoms with Crippen LogP contribution in [0.5, 0.6) is 0 Å². The first-order valence-corrected chi connectivity index (χ1v) is 5.64. The van der Waals surface area contributed by atoms with Gasteiger partial charge in [-0.1, -0.05) is 30.7 Å². The molecule has 0 aliphatic carbocycles. The molecule has 0 aromatic carbocycles. The highest BCUT2D eigenvalue weighted by molar-refractivity contribution is 5.81. The van der Waals surface area contributed by atoms with Gasteiger partial charge in [0.05, 0.1) is 0 Å². The van der Waals surface area contributed by atoms with Crippen LogP contribution in [-0.2, 0) is 4.79 Å². The molecule has 0 saturated heterocycles. The number of rotatable bonds is 6. The molecule has 90 valence electrons. The van der Waals surface area contributed by atoms with Crippen molar-refractivity contribution >= 4 is 5.97 Å². The molecule has 2 heteroatoms. The lowest BCUT2D eigenvalue weighted by atomic mass is 10.0. The van der Waals surface area contributed by atoms with E-state index in [9.17, 15) is 4.79 Å². The highest BCUT2D eigenvalue weighted by atomic mass is 16.4. The van der Waals surface area contributed by atoms with Crippen molar-refractivity contribution in [2.75, 3.05) is 0 Å². The zero-order valence-corrected chi connectivity index (χ0v) is 10.7. The van der Waals surface area contributed by atoms with Crippen molar-refractivity contribution in [3.63, 3.8) is 0 Å². The van der Waals surface area contributed by atoms with Crippen molar-refractivity contribution in [3.8, 4) is 0 Å². The Morgan fingerprint density at radius 1 is 1.31 bits per heavy atom. The van der Waals surface area contributed by atoms with E-state index in [1.54, 1.807) is 6.92 Å². The van der Waals surface area contributed by atoms with Gasteiger partial charge in [-0.3, -0.25) is 0 Å². The largest absolute Gasteiger partial charge is 0.478 e. The zero-order chi connectivity index (χ0) is 12.6. The third kappa shape index (κ3) is 9.25. The minimum Gasteiger partial charge on any atom is -0.478 e. The summed E-state index contributed by atoms with van der Waals surface area (Å²) in [5, 5.41) is 8.53. The SMILES string of the molecule is CC(C)=CCCC(C)/C=C/C(C)=C/C(=O)O. The summed E-state index contributed by atoms with van der Waals surface area (Å²) in [6, 6.07) is 0. The summed E-state index contributed by atoms with van der Waals surface area (Å²) in [6.45, 7) is 8.14. The van der Waals surface area contributed by atoms with E-state index in [1.807, 2.05) is 6.08 Å². The number of hydrogen-bond acceptors (Lipinski definition) is 1. The van der Waals surface area contributed by atoms with Gasteiger partial charge in [-0.2, -0.15) is 0 Å². The fourth-order valence-corrected chi connectivity index (χ4v) is 1.29. The second-order valence-corrected chi connectivity index (χ2v) is 4.42. The highest BCUT2D eigenvalue weighted by Crippen LogP contribution is 2.10. The number of carboxylic acid groups (broad SMARTS) is 1. The first-order chi connectivity index (χ1) is 7.41. The molecule has 0 rings (SSSR count). The van der Waals surface area contributed by atoms with Crippen molar-refractivity contribution in [1.29, 1.82) is 0 Å². The Kier molecular flexibility index (Phi) is 7.27. The maximum absolute atomic E-state index is 10.4. The molecule has 2 nitrogen and oxygen atoms in total. The molecule has 0 saturated carbocycles. The average molecular weight is 222 g/mol. The van der Waals surface area contributed by atoms with Gasteiger partial charge in [0, 0.05) is 6.08 Å². The van der Waals surface area contributed by atoms with Gasteiger partial charge in [0.2, 0.25) is 0 Å². The van der Waals surface area contributed by atoms with E-state index in [0.717, 1.165) is 18.4 Å². The maximum Gasteiger partial charge on any atom is 0.328 e. The molecule has 1 unspecified atom stereocenters. The zero-order valence-electron chi connectivity index (χ0n) is 10.7. The van der Waals surface area contributed by atoms with Gasteiger partial charge in [-0.25, -0.2) is 4.79 Å². The molecule has 0 spiro atoms. The van der Waals surface area contributed by atoms with Crippen molar-refractivity contribution in [1.82, 2.24) is 0 Å². The number of aliphatic carboxylic acids is 1. The number of allylic oxidation sites excluding steroid dienone is 5. The topological polar surface area (TPSA) is 37.3 Å². The predicted molar refractivity (Wildman–Crippen MR) is 68.4 cm³/mol. The smallest absolute Gasteiger partial charge is 0.328 e. The molecule has 0 aliphatic rings. The number of hydrogen-bond donors (Lipinski definition) is 1. The van der Waals surface area contributed by atoms with Gasteiger partial charge in [0.25, 0.3) is 0 Å². The average Bonchev–Trinajstić information content (AvgIpc) is 2.13. The van der Waals surface area contributed by atoms with Crippen LogP contribution in [0.15, 0.2) is 35.5 Å². The van der Waals surface area contributed by atoms with Crippen LogP contribution in [0.3, 0.4) is 0 Å². The normalized spacial score (nSPS) is 13.9. The summed E-state index contributed by atoms with van der Waals surface area (Å²) in [4.78, 5) is 10.4. The summed E-state index contributed by atoms with van der Waals surface area (Å²) in [5.41, 5.74) is 2.12. The lowest BCUT2D eigenvalue weighted by Crippen LogP contribution is -1.90. The molecular weight excluding hydrogens is 200 g/mol. The molecule has 0 aromatic heterocycles. The Morgan fingerprint density at radius 3 is 2.44 bits per heavy atom. The molecule has 16 heavy (non-hydrogen) atoms. The first-order valence-electron chi connectivity index (χ1n) is 5.64.